The molecule has 0 amide bonds. The van der Waals surface area contributed by atoms with E-state index in [-0.39, 0.29) is 5.75 Å². The summed E-state index contributed by atoms with van der Waals surface area (Å²) in [6, 6.07) is 5.52. The van der Waals surface area contributed by atoms with Crippen molar-refractivity contribution in [2.75, 3.05) is 24.5 Å². The van der Waals surface area contributed by atoms with Crippen LogP contribution in [0.25, 0.3) is 5.69 Å². The molecule has 136 valence electrons. The van der Waals surface area contributed by atoms with Crippen molar-refractivity contribution in [1.82, 2.24) is 14.8 Å². The second-order valence-electron chi connectivity index (χ2n) is 6.04. The molecule has 0 spiro atoms. The Hall–Kier alpha value is -2.29. The lowest BCUT2D eigenvalue weighted by atomic mass is 9.94. The summed E-state index contributed by atoms with van der Waals surface area (Å²) in [5.74, 6) is 1.02. The number of hydrogen-bond acceptors (Lipinski definition) is 5. The number of nitrogens with two attached hydrogens (primary N) is 1. The average molecular weight is 355 g/mol. The fourth-order valence-electron chi connectivity index (χ4n) is 2.98. The number of anilines is 1. The third kappa shape index (κ3) is 4.62. The summed E-state index contributed by atoms with van der Waals surface area (Å²) in [7, 11) is 0. The summed E-state index contributed by atoms with van der Waals surface area (Å²) in [4.78, 5) is 6.43. The maximum atomic E-state index is 12.2. The molecule has 0 bridgehead atoms. The normalized spacial score (nSPS) is 16.2. The molecule has 1 saturated heterocycles. The van der Waals surface area contributed by atoms with E-state index in [1.54, 1.807) is 11.0 Å². The van der Waals surface area contributed by atoms with Gasteiger partial charge in [0.1, 0.15) is 12.1 Å². The maximum absolute atomic E-state index is 12.2. The second-order valence-corrected chi connectivity index (χ2v) is 6.04. The second kappa shape index (κ2) is 7.30. The number of piperidine rings is 1. The minimum absolute atomic E-state index is 0.265. The average Bonchev–Trinajstić information content (AvgIpc) is 3.05. The molecule has 0 radical (unpaired) electrons. The fourth-order valence-corrected chi connectivity index (χ4v) is 2.98. The zero-order valence-electron chi connectivity index (χ0n) is 13.6. The molecule has 2 heterocycles. The predicted octanol–water partition coefficient (Wildman–Crippen LogP) is 2.73. The molecular formula is C16H20F3N5O. The van der Waals surface area contributed by atoms with Crippen molar-refractivity contribution in [2.45, 2.75) is 25.6 Å². The molecule has 2 N–H and O–H groups in total. The number of hydrogen-bond donors (Lipinski definition) is 1. The van der Waals surface area contributed by atoms with Crippen LogP contribution in [-0.4, -0.2) is 40.8 Å². The van der Waals surface area contributed by atoms with E-state index in [1.807, 2.05) is 0 Å². The van der Waals surface area contributed by atoms with E-state index in [0.717, 1.165) is 32.4 Å². The number of nitrogens with zero attached hydrogens (tertiary/aromatic N) is 4. The number of alkyl halides is 3. The standard InChI is InChI=1S/C16H20F3N5O/c17-16(18,19)25-14-3-1-13(2-4-14)24-11-21-15(22-24)23-9-6-12(5-8-20)7-10-23/h1-4,11-12H,5-10,20H2. The first-order valence-electron chi connectivity index (χ1n) is 8.17. The lowest BCUT2D eigenvalue weighted by Gasteiger charge is -2.30. The minimum atomic E-state index is -4.70. The van der Waals surface area contributed by atoms with Crippen molar-refractivity contribution in [3.63, 3.8) is 0 Å². The highest BCUT2D eigenvalue weighted by Gasteiger charge is 2.31. The van der Waals surface area contributed by atoms with Crippen molar-refractivity contribution in [3.05, 3.63) is 30.6 Å². The number of rotatable bonds is 5. The monoisotopic (exact) mass is 355 g/mol. The predicted molar refractivity (Wildman–Crippen MR) is 86.7 cm³/mol. The van der Waals surface area contributed by atoms with Crippen LogP contribution in [0.4, 0.5) is 19.1 Å². The molecule has 0 unspecified atom stereocenters. The van der Waals surface area contributed by atoms with Crippen LogP contribution in [0.2, 0.25) is 0 Å². The summed E-state index contributed by atoms with van der Waals surface area (Å²) in [5, 5.41) is 4.42. The number of aromatic nitrogens is 3. The van der Waals surface area contributed by atoms with Gasteiger partial charge in [0.15, 0.2) is 0 Å². The highest BCUT2D eigenvalue weighted by Crippen LogP contribution is 2.25. The summed E-state index contributed by atoms with van der Waals surface area (Å²) in [6.07, 6.45) is 0.0331. The lowest BCUT2D eigenvalue weighted by Crippen LogP contribution is -2.35. The van der Waals surface area contributed by atoms with Crippen LogP contribution in [0.15, 0.2) is 30.6 Å². The highest BCUT2D eigenvalue weighted by molar-refractivity contribution is 5.38. The highest BCUT2D eigenvalue weighted by atomic mass is 19.4. The molecule has 0 saturated carbocycles. The van der Waals surface area contributed by atoms with Crippen LogP contribution in [0.5, 0.6) is 5.75 Å². The first kappa shape index (κ1) is 17.5. The Morgan fingerprint density at radius 1 is 1.16 bits per heavy atom. The van der Waals surface area contributed by atoms with Gasteiger partial charge in [0.2, 0.25) is 5.95 Å². The van der Waals surface area contributed by atoms with Crippen LogP contribution in [-0.2, 0) is 0 Å². The van der Waals surface area contributed by atoms with Gasteiger partial charge in [-0.3, -0.25) is 0 Å². The topological polar surface area (TPSA) is 69.2 Å². The van der Waals surface area contributed by atoms with Gasteiger partial charge in [0.05, 0.1) is 5.69 Å². The quantitative estimate of drug-likeness (QED) is 0.893. The van der Waals surface area contributed by atoms with Crippen LogP contribution in [0.1, 0.15) is 19.3 Å². The van der Waals surface area contributed by atoms with Crippen molar-refractivity contribution in [1.29, 1.82) is 0 Å². The summed E-state index contributed by atoms with van der Waals surface area (Å²) < 4.78 is 42.0. The van der Waals surface area contributed by atoms with E-state index < -0.39 is 6.36 Å². The van der Waals surface area contributed by atoms with Gasteiger partial charge in [0, 0.05) is 13.1 Å². The number of ether oxygens (including phenoxy) is 1. The molecule has 1 aliphatic heterocycles. The van der Waals surface area contributed by atoms with E-state index in [9.17, 15) is 13.2 Å². The summed E-state index contributed by atoms with van der Waals surface area (Å²) in [5.41, 5.74) is 6.22. The molecule has 25 heavy (non-hydrogen) atoms. The first-order chi connectivity index (χ1) is 11.9. The first-order valence-corrected chi connectivity index (χ1v) is 8.17. The van der Waals surface area contributed by atoms with Gasteiger partial charge < -0.3 is 15.4 Å². The Morgan fingerprint density at radius 2 is 1.84 bits per heavy atom. The van der Waals surface area contributed by atoms with Gasteiger partial charge in [-0.25, -0.2) is 4.68 Å². The Labute approximate surface area is 143 Å². The Bertz CT molecular complexity index is 678. The molecule has 1 aliphatic rings. The van der Waals surface area contributed by atoms with Crippen LogP contribution in [0.3, 0.4) is 0 Å². The molecule has 1 aromatic heterocycles. The molecule has 0 atom stereocenters. The summed E-state index contributed by atoms with van der Waals surface area (Å²) >= 11 is 0. The van der Waals surface area contributed by atoms with Crippen molar-refractivity contribution >= 4 is 5.95 Å². The molecule has 1 aromatic carbocycles. The van der Waals surface area contributed by atoms with Crippen LogP contribution in [0, 0.1) is 5.92 Å². The maximum Gasteiger partial charge on any atom is 0.573 e. The molecule has 2 aromatic rings. The number of benzene rings is 1. The van der Waals surface area contributed by atoms with Crippen LogP contribution >= 0.6 is 0 Å². The van der Waals surface area contributed by atoms with E-state index in [0.29, 0.717) is 24.1 Å². The molecular weight excluding hydrogens is 335 g/mol. The molecule has 0 aliphatic carbocycles. The van der Waals surface area contributed by atoms with E-state index in [1.165, 1.54) is 24.3 Å². The number of halogens is 3. The Balaban J connectivity index is 1.63. The zero-order valence-corrected chi connectivity index (χ0v) is 13.6. The van der Waals surface area contributed by atoms with Crippen molar-refractivity contribution < 1.29 is 17.9 Å². The largest absolute Gasteiger partial charge is 0.573 e. The van der Waals surface area contributed by atoms with E-state index in [2.05, 4.69) is 19.7 Å². The minimum Gasteiger partial charge on any atom is -0.406 e. The third-order valence-corrected chi connectivity index (χ3v) is 4.29. The van der Waals surface area contributed by atoms with Gasteiger partial charge in [0.25, 0.3) is 0 Å². The van der Waals surface area contributed by atoms with Gasteiger partial charge in [-0.05, 0) is 56.0 Å². The lowest BCUT2D eigenvalue weighted by molar-refractivity contribution is -0.274. The van der Waals surface area contributed by atoms with Gasteiger partial charge in [-0.15, -0.1) is 18.3 Å². The summed E-state index contributed by atoms with van der Waals surface area (Å²) in [6.45, 7) is 2.48. The van der Waals surface area contributed by atoms with Crippen molar-refractivity contribution in [2.24, 2.45) is 11.7 Å². The SMILES string of the molecule is NCCC1CCN(c2ncn(-c3ccc(OC(F)(F)F)cc3)n2)CC1. The molecule has 3 rings (SSSR count). The van der Waals surface area contributed by atoms with E-state index >= 15 is 0 Å². The molecule has 6 nitrogen and oxygen atoms in total. The van der Waals surface area contributed by atoms with Gasteiger partial charge in [-0.2, -0.15) is 4.98 Å². The zero-order chi connectivity index (χ0) is 17.9. The van der Waals surface area contributed by atoms with Gasteiger partial charge >= 0.3 is 6.36 Å². The van der Waals surface area contributed by atoms with Crippen molar-refractivity contribution in [3.8, 4) is 11.4 Å². The van der Waals surface area contributed by atoms with Gasteiger partial charge in [-0.1, -0.05) is 0 Å². The fraction of sp³-hybridized carbons (Fsp3) is 0.500. The Kier molecular flexibility index (Phi) is 5.12. The molecule has 1 fully saturated rings. The van der Waals surface area contributed by atoms with Crippen LogP contribution < -0.4 is 15.4 Å². The Morgan fingerprint density at radius 3 is 2.44 bits per heavy atom. The molecule has 9 heteroatoms. The van der Waals surface area contributed by atoms with E-state index in [4.69, 9.17) is 5.73 Å². The smallest absolute Gasteiger partial charge is 0.406 e. The third-order valence-electron chi connectivity index (χ3n) is 4.29.